The van der Waals surface area contributed by atoms with E-state index in [2.05, 4.69) is 146 Å². The number of fused-ring (bicyclic) bond motifs is 8. The standard InChI is InChI=1S/C42H28O/c1-2-12-30-26-31(21-20-27(30)10-1)40-36-17-7-5-15-33(36)35(34-16-6-8-18-37(34)40)24-22-29-13-9-19-38-41(29)42-32-14-4-3-11-28(32)23-25-39(42)43-38/h1-21,23,25-26H,22,24H2. The Bertz CT molecular complexity index is 2460. The molecule has 0 atom stereocenters. The van der Waals surface area contributed by atoms with Crippen molar-refractivity contribution in [1.29, 1.82) is 0 Å². The summed E-state index contributed by atoms with van der Waals surface area (Å²) in [4.78, 5) is 0. The smallest absolute Gasteiger partial charge is 0.136 e. The zero-order valence-corrected chi connectivity index (χ0v) is 23.7. The van der Waals surface area contributed by atoms with Gasteiger partial charge in [-0.2, -0.15) is 0 Å². The molecule has 0 saturated carbocycles. The topological polar surface area (TPSA) is 13.1 Å². The Labute approximate surface area is 249 Å². The van der Waals surface area contributed by atoms with Crippen molar-refractivity contribution in [1.82, 2.24) is 0 Å². The minimum absolute atomic E-state index is 0.929. The van der Waals surface area contributed by atoms with Gasteiger partial charge in [-0.05, 0) is 96.4 Å². The van der Waals surface area contributed by atoms with Crippen LogP contribution in [0.5, 0.6) is 0 Å². The Morgan fingerprint density at radius 2 is 1.00 bits per heavy atom. The average Bonchev–Trinajstić information content (AvgIpc) is 3.46. The van der Waals surface area contributed by atoms with Crippen LogP contribution < -0.4 is 0 Å². The van der Waals surface area contributed by atoms with Crippen LogP contribution >= 0.6 is 0 Å². The van der Waals surface area contributed by atoms with Crippen LogP contribution in [0.15, 0.2) is 150 Å². The van der Waals surface area contributed by atoms with Crippen molar-refractivity contribution in [2.24, 2.45) is 0 Å². The summed E-state index contributed by atoms with van der Waals surface area (Å²) < 4.78 is 6.39. The maximum absolute atomic E-state index is 6.39. The molecule has 1 heterocycles. The maximum atomic E-state index is 6.39. The first-order chi connectivity index (χ1) is 21.3. The highest BCUT2D eigenvalue weighted by Crippen LogP contribution is 2.41. The van der Waals surface area contributed by atoms with Crippen LogP contribution in [-0.4, -0.2) is 0 Å². The minimum atomic E-state index is 0.929. The van der Waals surface area contributed by atoms with E-state index in [1.165, 1.54) is 76.1 Å². The molecule has 0 spiro atoms. The highest BCUT2D eigenvalue weighted by Gasteiger charge is 2.18. The fourth-order valence-corrected chi connectivity index (χ4v) is 7.27. The van der Waals surface area contributed by atoms with E-state index in [0.717, 1.165) is 24.0 Å². The third-order valence-electron chi connectivity index (χ3n) is 9.20. The van der Waals surface area contributed by atoms with E-state index in [0.29, 0.717) is 0 Å². The molecule has 0 fully saturated rings. The van der Waals surface area contributed by atoms with Crippen LogP contribution in [0.3, 0.4) is 0 Å². The van der Waals surface area contributed by atoms with Gasteiger partial charge in [0.05, 0.1) is 0 Å². The van der Waals surface area contributed by atoms with Crippen LogP contribution in [-0.2, 0) is 12.8 Å². The van der Waals surface area contributed by atoms with Crippen molar-refractivity contribution in [2.45, 2.75) is 12.8 Å². The van der Waals surface area contributed by atoms with Crippen molar-refractivity contribution < 1.29 is 4.42 Å². The van der Waals surface area contributed by atoms with E-state index >= 15 is 0 Å². The molecule has 1 nitrogen and oxygen atoms in total. The molecular weight excluding hydrogens is 520 g/mol. The minimum Gasteiger partial charge on any atom is -0.456 e. The summed E-state index contributed by atoms with van der Waals surface area (Å²) in [7, 11) is 0. The largest absolute Gasteiger partial charge is 0.456 e. The zero-order valence-electron chi connectivity index (χ0n) is 23.7. The Balaban J connectivity index is 1.24. The molecule has 0 bridgehead atoms. The summed E-state index contributed by atoms with van der Waals surface area (Å²) in [6.45, 7) is 0. The molecule has 9 rings (SSSR count). The van der Waals surface area contributed by atoms with E-state index in [9.17, 15) is 0 Å². The van der Waals surface area contributed by atoms with Gasteiger partial charge in [-0.25, -0.2) is 0 Å². The quantitative estimate of drug-likeness (QED) is 0.199. The Kier molecular flexibility index (Phi) is 5.39. The second kappa shape index (κ2) is 9.58. The molecule has 43 heavy (non-hydrogen) atoms. The lowest BCUT2D eigenvalue weighted by atomic mass is 9.86. The van der Waals surface area contributed by atoms with Crippen LogP contribution in [0.2, 0.25) is 0 Å². The average molecular weight is 549 g/mol. The van der Waals surface area contributed by atoms with Crippen LogP contribution in [0.1, 0.15) is 11.1 Å². The van der Waals surface area contributed by atoms with Gasteiger partial charge in [-0.3, -0.25) is 0 Å². The van der Waals surface area contributed by atoms with Gasteiger partial charge in [0.25, 0.3) is 0 Å². The van der Waals surface area contributed by atoms with Gasteiger partial charge in [0, 0.05) is 10.8 Å². The number of rotatable bonds is 4. The Morgan fingerprint density at radius 1 is 0.395 bits per heavy atom. The maximum Gasteiger partial charge on any atom is 0.136 e. The molecule has 202 valence electrons. The fourth-order valence-electron chi connectivity index (χ4n) is 7.27. The molecule has 0 radical (unpaired) electrons. The number of hydrogen-bond donors (Lipinski definition) is 0. The lowest BCUT2D eigenvalue weighted by Crippen LogP contribution is -1.97. The van der Waals surface area contributed by atoms with Crippen LogP contribution in [0.25, 0.3) is 76.2 Å². The molecule has 9 aromatic rings. The van der Waals surface area contributed by atoms with Crippen molar-refractivity contribution in [3.05, 3.63) is 157 Å². The van der Waals surface area contributed by atoms with Gasteiger partial charge in [-0.1, -0.05) is 127 Å². The van der Waals surface area contributed by atoms with Gasteiger partial charge in [0.15, 0.2) is 0 Å². The first-order valence-electron chi connectivity index (χ1n) is 15.1. The normalized spacial score (nSPS) is 11.9. The van der Waals surface area contributed by atoms with Crippen LogP contribution in [0.4, 0.5) is 0 Å². The molecule has 1 heteroatoms. The summed E-state index contributed by atoms with van der Waals surface area (Å²) in [5.41, 5.74) is 7.24. The molecule has 0 N–H and O–H groups in total. The van der Waals surface area contributed by atoms with Gasteiger partial charge in [0.2, 0.25) is 0 Å². The summed E-state index contributed by atoms with van der Waals surface area (Å²) >= 11 is 0. The van der Waals surface area contributed by atoms with Crippen LogP contribution in [0, 0.1) is 0 Å². The molecule has 0 unspecified atom stereocenters. The van der Waals surface area contributed by atoms with Crippen molar-refractivity contribution in [2.75, 3.05) is 0 Å². The first-order valence-corrected chi connectivity index (χ1v) is 15.1. The summed E-state index contributed by atoms with van der Waals surface area (Å²) in [5.74, 6) is 0. The number of aryl methyl sites for hydroxylation is 2. The highest BCUT2D eigenvalue weighted by atomic mass is 16.3. The van der Waals surface area contributed by atoms with Crippen molar-refractivity contribution in [3.63, 3.8) is 0 Å². The third-order valence-corrected chi connectivity index (χ3v) is 9.20. The summed E-state index contributed by atoms with van der Waals surface area (Å²) in [6, 6.07) is 52.9. The molecular formula is C42H28O. The van der Waals surface area contributed by atoms with E-state index in [4.69, 9.17) is 4.42 Å². The molecule has 0 amide bonds. The number of furan rings is 1. The second-order valence-electron chi connectivity index (χ2n) is 11.6. The van der Waals surface area contributed by atoms with Gasteiger partial charge < -0.3 is 4.42 Å². The lowest BCUT2D eigenvalue weighted by Gasteiger charge is -2.18. The molecule has 0 aliphatic rings. The third kappa shape index (κ3) is 3.78. The van der Waals surface area contributed by atoms with Gasteiger partial charge in [-0.15, -0.1) is 0 Å². The van der Waals surface area contributed by atoms with E-state index in [1.807, 2.05) is 0 Å². The predicted octanol–water partition coefficient (Wildman–Crippen LogP) is 11.7. The fraction of sp³-hybridized carbons (Fsp3) is 0.0476. The van der Waals surface area contributed by atoms with Gasteiger partial charge >= 0.3 is 0 Å². The highest BCUT2D eigenvalue weighted by molar-refractivity contribution is 6.20. The predicted molar refractivity (Wildman–Crippen MR) is 183 cm³/mol. The molecule has 0 aliphatic heterocycles. The Hall–Kier alpha value is -5.40. The molecule has 0 aliphatic carbocycles. The Morgan fingerprint density at radius 3 is 1.77 bits per heavy atom. The first kappa shape index (κ1) is 24.2. The monoisotopic (exact) mass is 548 g/mol. The van der Waals surface area contributed by atoms with Crippen molar-refractivity contribution >= 4 is 65.0 Å². The van der Waals surface area contributed by atoms with E-state index in [1.54, 1.807) is 0 Å². The molecule has 0 saturated heterocycles. The van der Waals surface area contributed by atoms with E-state index < -0.39 is 0 Å². The van der Waals surface area contributed by atoms with Crippen molar-refractivity contribution in [3.8, 4) is 11.1 Å². The van der Waals surface area contributed by atoms with E-state index in [-0.39, 0.29) is 0 Å². The number of benzene rings is 8. The summed E-state index contributed by atoms with van der Waals surface area (Å²) in [6.07, 6.45) is 1.87. The molecule has 1 aromatic heterocycles. The van der Waals surface area contributed by atoms with Gasteiger partial charge in [0.1, 0.15) is 11.2 Å². The summed E-state index contributed by atoms with van der Waals surface area (Å²) in [5, 5.41) is 12.8. The SMILES string of the molecule is c1ccc2cc(-c3c4ccccc4c(CCc4cccc5oc6ccc7ccccc7c6c45)c4ccccc34)ccc2c1. The zero-order chi connectivity index (χ0) is 28.3. The second-order valence-corrected chi connectivity index (χ2v) is 11.6. The number of hydrogen-bond acceptors (Lipinski definition) is 1. The lowest BCUT2D eigenvalue weighted by molar-refractivity contribution is 0.669. The molecule has 8 aromatic carbocycles.